The van der Waals surface area contributed by atoms with Gasteiger partial charge in [-0.1, -0.05) is 90.5 Å². The van der Waals surface area contributed by atoms with Gasteiger partial charge >= 0.3 is 0 Å². The maximum atomic E-state index is 12.4. The summed E-state index contributed by atoms with van der Waals surface area (Å²) in [4.78, 5) is 10.6. The largest absolute Gasteiger partial charge is 0.295 e. The monoisotopic (exact) mass is 424 g/mol. The number of hydrogen-bond acceptors (Lipinski definition) is 1. The van der Waals surface area contributed by atoms with Gasteiger partial charge in [0.1, 0.15) is 5.82 Å². The van der Waals surface area contributed by atoms with Gasteiger partial charge in [-0.2, -0.15) is 0 Å². The van der Waals surface area contributed by atoms with Crippen LogP contribution in [0.3, 0.4) is 0 Å². The van der Waals surface area contributed by atoms with Crippen molar-refractivity contribution in [3.8, 4) is 0 Å². The first-order chi connectivity index (χ1) is 14.8. The zero-order chi connectivity index (χ0) is 23.8. The van der Waals surface area contributed by atoms with Gasteiger partial charge in [0.15, 0.2) is 5.78 Å². The number of carbonyl (C=O) groups is 1. The molecule has 0 aliphatic heterocycles. The fraction of sp³-hybridized carbons (Fsp3) is 0.414. The van der Waals surface area contributed by atoms with Crippen LogP contribution in [0.4, 0.5) is 4.39 Å². The van der Waals surface area contributed by atoms with Gasteiger partial charge in [-0.15, -0.1) is 0 Å². The highest BCUT2D eigenvalue weighted by atomic mass is 19.1. The average molecular weight is 425 g/mol. The molecule has 170 valence electrons. The lowest BCUT2D eigenvalue weighted by molar-refractivity contribution is 0.101. The Morgan fingerprint density at radius 3 is 2.23 bits per heavy atom. The van der Waals surface area contributed by atoms with Crippen LogP contribution in [0.15, 0.2) is 55.1 Å². The van der Waals surface area contributed by atoms with Crippen molar-refractivity contribution in [2.45, 2.75) is 80.1 Å². The Hall–Kier alpha value is -2.48. The molecule has 0 fully saturated rings. The van der Waals surface area contributed by atoms with Crippen LogP contribution < -0.4 is 0 Å². The second kappa shape index (κ2) is 16.2. The number of carbonyl (C=O) groups excluding carboxylic acids is 1. The molecule has 0 heterocycles. The molecule has 0 N–H and O–H groups in total. The molecule has 31 heavy (non-hydrogen) atoms. The molecule has 2 heteroatoms. The van der Waals surface area contributed by atoms with Crippen molar-refractivity contribution >= 4 is 17.4 Å². The number of ketones is 1. The van der Waals surface area contributed by atoms with Gasteiger partial charge < -0.3 is 0 Å². The molecule has 2 aromatic rings. The van der Waals surface area contributed by atoms with Crippen LogP contribution in [0.25, 0.3) is 11.6 Å². The standard InChI is InChI=1S/C19H28.C8H7FO.C2H6/c1-6-9-15(4)17-12-13-19(16(5)10-7-2)18(14-17)11-8-3;1-6(10)7-3-2-4-8(9)5-7;1-2/h8,11-14,16H,4,6-7,9-10H2,1-3,5H3;2-5H,1H3;1-2H3/b11-8-;;. The SMILES string of the molecule is C=C(CCC)c1ccc(C(C)CCC)c(/C=C\C)c1.CC.CC(=O)c1cccc(F)c1. The smallest absolute Gasteiger partial charge is 0.159 e. The summed E-state index contributed by atoms with van der Waals surface area (Å²) in [6, 6.07) is 12.5. The second-order valence-electron chi connectivity index (χ2n) is 7.45. The third-order valence-corrected chi connectivity index (χ3v) is 4.88. The first-order valence-electron chi connectivity index (χ1n) is 11.5. The van der Waals surface area contributed by atoms with Crippen molar-refractivity contribution in [3.63, 3.8) is 0 Å². The molecule has 0 saturated carbocycles. The highest BCUT2D eigenvalue weighted by Gasteiger charge is 2.10. The summed E-state index contributed by atoms with van der Waals surface area (Å²) in [5.74, 6) is 0.150. The Morgan fingerprint density at radius 2 is 1.74 bits per heavy atom. The van der Waals surface area contributed by atoms with Crippen LogP contribution in [-0.2, 0) is 0 Å². The number of rotatable bonds is 8. The summed E-state index contributed by atoms with van der Waals surface area (Å²) in [7, 11) is 0. The van der Waals surface area contributed by atoms with Crippen LogP contribution in [0.1, 0.15) is 107 Å². The van der Waals surface area contributed by atoms with E-state index in [9.17, 15) is 9.18 Å². The minimum atomic E-state index is -0.368. The summed E-state index contributed by atoms with van der Waals surface area (Å²) in [6.45, 7) is 18.5. The number of halogens is 1. The van der Waals surface area contributed by atoms with Crippen molar-refractivity contribution in [1.29, 1.82) is 0 Å². The van der Waals surface area contributed by atoms with Gasteiger partial charge in [-0.3, -0.25) is 4.79 Å². The minimum absolute atomic E-state index is 0.112. The van der Waals surface area contributed by atoms with E-state index in [1.54, 1.807) is 6.07 Å². The third kappa shape index (κ3) is 10.4. The molecule has 0 aliphatic rings. The number of allylic oxidation sites excluding steroid dienone is 2. The van der Waals surface area contributed by atoms with Crippen LogP contribution in [0, 0.1) is 5.82 Å². The lowest BCUT2D eigenvalue weighted by Gasteiger charge is -2.16. The maximum Gasteiger partial charge on any atom is 0.159 e. The highest BCUT2D eigenvalue weighted by molar-refractivity contribution is 5.93. The molecule has 0 saturated heterocycles. The maximum absolute atomic E-state index is 12.4. The molecule has 0 aliphatic carbocycles. The van der Waals surface area contributed by atoms with Crippen molar-refractivity contribution in [2.75, 3.05) is 0 Å². The fourth-order valence-electron chi connectivity index (χ4n) is 3.31. The molecule has 1 nitrogen and oxygen atoms in total. The predicted octanol–water partition coefficient (Wildman–Crippen LogP) is 9.49. The van der Waals surface area contributed by atoms with Gasteiger partial charge in [0.25, 0.3) is 0 Å². The van der Waals surface area contributed by atoms with Gasteiger partial charge in [-0.05, 0) is 73.1 Å². The first kappa shape index (κ1) is 28.5. The lowest BCUT2D eigenvalue weighted by Crippen LogP contribution is -1.97. The molecule has 0 spiro atoms. The van der Waals surface area contributed by atoms with Crippen molar-refractivity contribution in [3.05, 3.63) is 83.2 Å². The van der Waals surface area contributed by atoms with Crippen LogP contribution in [0.5, 0.6) is 0 Å². The molecular formula is C29H41FO. The fourth-order valence-corrected chi connectivity index (χ4v) is 3.31. The number of benzene rings is 2. The van der Waals surface area contributed by atoms with Crippen molar-refractivity contribution < 1.29 is 9.18 Å². The summed E-state index contributed by atoms with van der Waals surface area (Å²) in [5.41, 5.74) is 5.79. The van der Waals surface area contributed by atoms with E-state index in [1.165, 1.54) is 60.2 Å². The molecule has 1 atom stereocenters. The molecule has 0 amide bonds. The van der Waals surface area contributed by atoms with Crippen molar-refractivity contribution in [1.82, 2.24) is 0 Å². The van der Waals surface area contributed by atoms with Crippen molar-refractivity contribution in [2.24, 2.45) is 0 Å². The van der Waals surface area contributed by atoms with Gasteiger partial charge in [0.05, 0.1) is 0 Å². The minimum Gasteiger partial charge on any atom is -0.295 e. The van der Waals surface area contributed by atoms with E-state index < -0.39 is 0 Å². The molecular weight excluding hydrogens is 383 g/mol. The van der Waals surface area contributed by atoms with E-state index in [-0.39, 0.29) is 11.6 Å². The van der Waals surface area contributed by atoms with Gasteiger partial charge in [0.2, 0.25) is 0 Å². The average Bonchev–Trinajstić information content (AvgIpc) is 2.76. The molecule has 0 bridgehead atoms. The zero-order valence-electron chi connectivity index (χ0n) is 20.6. The quantitative estimate of drug-likeness (QED) is 0.386. The normalized spacial score (nSPS) is 11.1. The molecule has 0 radical (unpaired) electrons. The molecule has 2 rings (SSSR count). The Kier molecular flexibility index (Phi) is 14.9. The van der Waals surface area contributed by atoms with E-state index >= 15 is 0 Å². The molecule has 2 aromatic carbocycles. The summed E-state index contributed by atoms with van der Waals surface area (Å²) >= 11 is 0. The summed E-state index contributed by atoms with van der Waals surface area (Å²) in [6.07, 6.45) is 9.08. The Bertz CT molecular complexity index is 832. The molecule has 0 aromatic heterocycles. The highest BCUT2D eigenvalue weighted by Crippen LogP contribution is 2.29. The van der Waals surface area contributed by atoms with E-state index in [0.29, 0.717) is 11.5 Å². The number of Topliss-reactive ketones (excluding diaryl/α,β-unsaturated/α-hetero) is 1. The topological polar surface area (TPSA) is 17.1 Å². The van der Waals surface area contributed by atoms with E-state index in [2.05, 4.69) is 64.6 Å². The predicted molar refractivity (Wildman–Crippen MR) is 136 cm³/mol. The Labute approximate surface area is 190 Å². The van der Waals surface area contributed by atoms with Gasteiger partial charge in [-0.25, -0.2) is 4.39 Å². The summed E-state index contributed by atoms with van der Waals surface area (Å²) < 4.78 is 12.4. The number of hydrogen-bond donors (Lipinski definition) is 0. The molecule has 1 unspecified atom stereocenters. The van der Waals surface area contributed by atoms with E-state index in [0.717, 1.165) is 12.8 Å². The first-order valence-corrected chi connectivity index (χ1v) is 11.5. The van der Waals surface area contributed by atoms with Crippen LogP contribution >= 0.6 is 0 Å². The van der Waals surface area contributed by atoms with Crippen LogP contribution in [0.2, 0.25) is 0 Å². The van der Waals surface area contributed by atoms with Crippen LogP contribution in [-0.4, -0.2) is 5.78 Å². The van der Waals surface area contributed by atoms with E-state index in [4.69, 9.17) is 0 Å². The zero-order valence-corrected chi connectivity index (χ0v) is 20.6. The third-order valence-electron chi connectivity index (χ3n) is 4.88. The lowest BCUT2D eigenvalue weighted by atomic mass is 9.89. The van der Waals surface area contributed by atoms with Gasteiger partial charge in [0, 0.05) is 5.56 Å². The second-order valence-corrected chi connectivity index (χ2v) is 7.45. The Balaban J connectivity index is 0.000000628. The summed E-state index contributed by atoms with van der Waals surface area (Å²) in [5, 5.41) is 0. The van der Waals surface area contributed by atoms with E-state index in [1.807, 2.05) is 13.8 Å². The Morgan fingerprint density at radius 1 is 1.06 bits per heavy atom.